The molecule has 2 aromatic rings. The van der Waals surface area contributed by atoms with Crippen LogP contribution in [0.4, 0.5) is 0 Å². The monoisotopic (exact) mass is 259 g/mol. The minimum absolute atomic E-state index is 0.643. The summed E-state index contributed by atoms with van der Waals surface area (Å²) in [6.07, 6.45) is 4.41. The number of rotatable bonds is 5. The van der Waals surface area contributed by atoms with Crippen LogP contribution in [0, 0.1) is 6.92 Å². The van der Waals surface area contributed by atoms with E-state index in [1.807, 2.05) is 10.9 Å². The van der Waals surface area contributed by atoms with Crippen molar-refractivity contribution >= 4 is 0 Å². The summed E-state index contributed by atoms with van der Waals surface area (Å²) >= 11 is 0. The number of hydrogen-bond acceptors (Lipinski definition) is 4. The zero-order chi connectivity index (χ0) is 13.8. The second-order valence-corrected chi connectivity index (χ2v) is 4.59. The molecule has 0 unspecified atom stereocenters. The van der Waals surface area contributed by atoms with E-state index in [4.69, 9.17) is 5.73 Å². The highest BCUT2D eigenvalue weighted by atomic mass is 15.4. The number of nitrogens with zero attached hydrogens (tertiary/aromatic N) is 4. The molecular formula is C14H21N5. The summed E-state index contributed by atoms with van der Waals surface area (Å²) in [5.41, 5.74) is 7.84. The number of aryl methyl sites for hydroxylation is 3. The van der Waals surface area contributed by atoms with Gasteiger partial charge in [-0.25, -0.2) is 9.97 Å². The Balaban J connectivity index is 2.43. The lowest BCUT2D eigenvalue weighted by atomic mass is 10.1. The van der Waals surface area contributed by atoms with E-state index in [0.29, 0.717) is 6.54 Å². The Hall–Kier alpha value is -1.75. The average molecular weight is 259 g/mol. The molecular weight excluding hydrogens is 238 g/mol. The lowest BCUT2D eigenvalue weighted by molar-refractivity contribution is 0.761. The van der Waals surface area contributed by atoms with Crippen molar-refractivity contribution in [3.8, 4) is 5.82 Å². The maximum atomic E-state index is 5.57. The van der Waals surface area contributed by atoms with E-state index in [2.05, 4.69) is 41.9 Å². The van der Waals surface area contributed by atoms with Crippen molar-refractivity contribution in [3.63, 3.8) is 0 Å². The Labute approximate surface area is 113 Å². The summed E-state index contributed by atoms with van der Waals surface area (Å²) in [7, 11) is 0. The normalized spacial score (nSPS) is 10.9. The molecule has 2 N–H and O–H groups in total. The van der Waals surface area contributed by atoms with Gasteiger partial charge in [0.2, 0.25) is 0 Å². The second-order valence-electron chi connectivity index (χ2n) is 4.59. The van der Waals surface area contributed by atoms with Crippen molar-refractivity contribution in [3.05, 3.63) is 35.0 Å². The van der Waals surface area contributed by atoms with Gasteiger partial charge in [0.25, 0.3) is 0 Å². The highest BCUT2D eigenvalue weighted by Gasteiger charge is 2.12. The van der Waals surface area contributed by atoms with Gasteiger partial charge in [-0.1, -0.05) is 19.9 Å². The minimum Gasteiger partial charge on any atom is -0.330 e. The topological polar surface area (TPSA) is 69.6 Å². The van der Waals surface area contributed by atoms with Crippen molar-refractivity contribution < 1.29 is 0 Å². The molecule has 5 nitrogen and oxygen atoms in total. The molecule has 0 saturated carbocycles. The SMILES string of the molecule is CCc1nc(CC)n(-c2ncc(CCN)cc2C)n1. The molecule has 2 heterocycles. The maximum absolute atomic E-state index is 5.57. The lowest BCUT2D eigenvalue weighted by Gasteiger charge is -2.08. The summed E-state index contributed by atoms with van der Waals surface area (Å²) in [6.45, 7) is 6.83. The van der Waals surface area contributed by atoms with Crippen molar-refractivity contribution in [1.29, 1.82) is 0 Å². The van der Waals surface area contributed by atoms with Gasteiger partial charge in [0.05, 0.1) is 0 Å². The fourth-order valence-electron chi connectivity index (χ4n) is 2.09. The summed E-state index contributed by atoms with van der Waals surface area (Å²) in [5.74, 6) is 2.69. The summed E-state index contributed by atoms with van der Waals surface area (Å²) < 4.78 is 1.86. The van der Waals surface area contributed by atoms with Gasteiger partial charge in [0, 0.05) is 19.0 Å². The van der Waals surface area contributed by atoms with Gasteiger partial charge in [-0.2, -0.15) is 4.68 Å². The highest BCUT2D eigenvalue weighted by molar-refractivity contribution is 5.35. The zero-order valence-electron chi connectivity index (χ0n) is 11.8. The van der Waals surface area contributed by atoms with Crippen molar-refractivity contribution in [1.82, 2.24) is 19.7 Å². The molecule has 0 saturated heterocycles. The van der Waals surface area contributed by atoms with Crippen LogP contribution in [0.2, 0.25) is 0 Å². The van der Waals surface area contributed by atoms with Crippen LogP contribution < -0.4 is 5.73 Å². The van der Waals surface area contributed by atoms with Crippen molar-refractivity contribution in [2.75, 3.05) is 6.54 Å². The molecule has 0 aromatic carbocycles. The molecule has 0 radical (unpaired) electrons. The molecule has 0 amide bonds. The van der Waals surface area contributed by atoms with Crippen LogP contribution in [0.25, 0.3) is 5.82 Å². The predicted octanol–water partition coefficient (Wildman–Crippen LogP) is 1.60. The Bertz CT molecular complexity index is 559. The first kappa shape index (κ1) is 13.7. The smallest absolute Gasteiger partial charge is 0.158 e. The van der Waals surface area contributed by atoms with Crippen LogP contribution in [-0.4, -0.2) is 26.3 Å². The Kier molecular flexibility index (Phi) is 4.27. The maximum Gasteiger partial charge on any atom is 0.158 e. The molecule has 0 aliphatic heterocycles. The Morgan fingerprint density at radius 1 is 1.26 bits per heavy atom. The lowest BCUT2D eigenvalue weighted by Crippen LogP contribution is -2.09. The van der Waals surface area contributed by atoms with Crippen LogP contribution in [-0.2, 0) is 19.3 Å². The number of hydrogen-bond donors (Lipinski definition) is 1. The molecule has 5 heteroatoms. The summed E-state index contributed by atoms with van der Waals surface area (Å²) in [5, 5.41) is 4.52. The molecule has 2 aromatic heterocycles. The fourth-order valence-corrected chi connectivity index (χ4v) is 2.09. The average Bonchev–Trinajstić information content (AvgIpc) is 2.82. The Morgan fingerprint density at radius 2 is 2.05 bits per heavy atom. The van der Waals surface area contributed by atoms with Crippen LogP contribution in [0.3, 0.4) is 0 Å². The fraction of sp³-hybridized carbons (Fsp3) is 0.500. The van der Waals surface area contributed by atoms with Gasteiger partial charge in [0.15, 0.2) is 11.6 Å². The number of nitrogens with two attached hydrogens (primary N) is 1. The second kappa shape index (κ2) is 5.93. The van der Waals surface area contributed by atoms with E-state index in [1.54, 1.807) is 0 Å². The van der Waals surface area contributed by atoms with Crippen molar-refractivity contribution in [2.24, 2.45) is 5.73 Å². The molecule has 19 heavy (non-hydrogen) atoms. The quantitative estimate of drug-likeness (QED) is 0.885. The van der Waals surface area contributed by atoms with Gasteiger partial charge < -0.3 is 5.73 Å². The van der Waals surface area contributed by atoms with Gasteiger partial charge in [-0.05, 0) is 31.0 Å². The predicted molar refractivity (Wildman–Crippen MR) is 75.4 cm³/mol. The third-order valence-electron chi connectivity index (χ3n) is 3.09. The Morgan fingerprint density at radius 3 is 2.63 bits per heavy atom. The van der Waals surface area contributed by atoms with Crippen LogP contribution in [0.15, 0.2) is 12.3 Å². The van der Waals surface area contributed by atoms with Crippen LogP contribution in [0.5, 0.6) is 0 Å². The van der Waals surface area contributed by atoms with Crippen LogP contribution in [0.1, 0.15) is 36.6 Å². The molecule has 0 aliphatic carbocycles. The molecule has 102 valence electrons. The summed E-state index contributed by atoms with van der Waals surface area (Å²) in [6, 6.07) is 2.13. The van der Waals surface area contributed by atoms with E-state index in [1.165, 1.54) is 0 Å². The minimum atomic E-state index is 0.643. The molecule has 0 bridgehead atoms. The molecule has 0 aliphatic rings. The van der Waals surface area contributed by atoms with E-state index in [0.717, 1.165) is 47.9 Å². The number of aromatic nitrogens is 4. The first-order valence-electron chi connectivity index (χ1n) is 6.80. The van der Waals surface area contributed by atoms with E-state index in [9.17, 15) is 0 Å². The third kappa shape index (κ3) is 2.81. The first-order valence-corrected chi connectivity index (χ1v) is 6.80. The van der Waals surface area contributed by atoms with Gasteiger partial charge in [-0.3, -0.25) is 0 Å². The first-order chi connectivity index (χ1) is 9.19. The number of pyridine rings is 1. The molecule has 0 atom stereocenters. The van der Waals surface area contributed by atoms with Gasteiger partial charge in [-0.15, -0.1) is 5.10 Å². The molecule has 2 rings (SSSR count). The largest absolute Gasteiger partial charge is 0.330 e. The van der Waals surface area contributed by atoms with E-state index < -0.39 is 0 Å². The highest BCUT2D eigenvalue weighted by Crippen LogP contribution is 2.15. The standard InChI is InChI=1S/C14H21N5/c1-4-12-17-13(5-2)19(18-12)14-10(3)8-11(6-7-15)9-16-14/h8-9H,4-7,15H2,1-3H3. The van der Waals surface area contributed by atoms with E-state index >= 15 is 0 Å². The van der Waals surface area contributed by atoms with Gasteiger partial charge >= 0.3 is 0 Å². The van der Waals surface area contributed by atoms with Crippen molar-refractivity contribution in [2.45, 2.75) is 40.0 Å². The third-order valence-corrected chi connectivity index (χ3v) is 3.09. The molecule has 0 fully saturated rings. The van der Waals surface area contributed by atoms with Gasteiger partial charge in [0.1, 0.15) is 5.82 Å². The molecule has 0 spiro atoms. The van der Waals surface area contributed by atoms with E-state index in [-0.39, 0.29) is 0 Å². The van der Waals surface area contributed by atoms with Crippen LogP contribution >= 0.6 is 0 Å². The zero-order valence-corrected chi connectivity index (χ0v) is 11.8. The summed E-state index contributed by atoms with van der Waals surface area (Å²) in [4.78, 5) is 9.04.